The fraction of sp³-hybridized carbons (Fsp3) is 0.0769. The summed E-state index contributed by atoms with van der Waals surface area (Å²) in [6.07, 6.45) is 0. The van der Waals surface area contributed by atoms with Crippen molar-refractivity contribution in [2.24, 2.45) is 0 Å². The van der Waals surface area contributed by atoms with E-state index in [4.69, 9.17) is 16.3 Å². The molecule has 2 rings (SSSR count). The SMILES string of the molecule is Fc1cccc(Cl)c1OCc1cc[c-]cc1.[Br-].[Mg+2]. The fourth-order valence-corrected chi connectivity index (χ4v) is 1.51. The molecule has 0 aliphatic rings. The second kappa shape index (κ2) is 8.75. The van der Waals surface area contributed by atoms with Gasteiger partial charge in [-0.05, 0) is 12.1 Å². The van der Waals surface area contributed by atoms with Crippen molar-refractivity contribution in [2.45, 2.75) is 6.61 Å². The first-order valence-electron chi connectivity index (χ1n) is 4.79. The Bertz CT molecular complexity index is 461. The number of halogens is 3. The number of ether oxygens (including phenoxy) is 1. The number of rotatable bonds is 3. The Labute approximate surface area is 137 Å². The minimum absolute atomic E-state index is 0. The monoisotopic (exact) mass is 338 g/mol. The molecule has 0 aliphatic carbocycles. The molecule has 0 saturated carbocycles. The van der Waals surface area contributed by atoms with Gasteiger partial charge in [0.05, 0.1) is 11.6 Å². The predicted molar refractivity (Wildman–Crippen MR) is 66.8 cm³/mol. The van der Waals surface area contributed by atoms with Gasteiger partial charge in [-0.3, -0.25) is 0 Å². The van der Waals surface area contributed by atoms with Crippen LogP contribution in [0.25, 0.3) is 0 Å². The molecule has 2 aromatic rings. The molecule has 0 atom stereocenters. The predicted octanol–water partition coefficient (Wildman–Crippen LogP) is 0.481. The van der Waals surface area contributed by atoms with Crippen molar-refractivity contribution in [3.63, 3.8) is 0 Å². The van der Waals surface area contributed by atoms with Crippen molar-refractivity contribution in [1.82, 2.24) is 0 Å². The van der Waals surface area contributed by atoms with Gasteiger partial charge in [-0.1, -0.05) is 17.7 Å². The Kier molecular flexibility index (Phi) is 8.60. The average molecular weight is 340 g/mol. The Morgan fingerprint density at radius 1 is 1.17 bits per heavy atom. The van der Waals surface area contributed by atoms with E-state index in [1.807, 2.05) is 12.1 Å². The molecule has 0 fully saturated rings. The molecular formula is C13H9BrClFMgO. The standard InChI is InChI=1S/C13H9ClFO.BrH.Mg/c14-11-7-4-8-12(15)13(11)16-9-10-5-2-1-3-6-10;;/h2-8H,9H2;1H;/q-1;;+2/p-1. The van der Waals surface area contributed by atoms with Gasteiger partial charge in [0.25, 0.3) is 0 Å². The minimum Gasteiger partial charge on any atom is -1.00 e. The quantitative estimate of drug-likeness (QED) is 0.584. The van der Waals surface area contributed by atoms with Crippen LogP contribution in [-0.4, -0.2) is 23.1 Å². The van der Waals surface area contributed by atoms with Crippen LogP contribution in [0.1, 0.15) is 5.56 Å². The van der Waals surface area contributed by atoms with Gasteiger partial charge in [-0.2, -0.15) is 30.3 Å². The largest absolute Gasteiger partial charge is 2.00 e. The smallest absolute Gasteiger partial charge is 1.00 e. The molecular weight excluding hydrogens is 331 g/mol. The van der Waals surface area contributed by atoms with E-state index in [9.17, 15) is 4.39 Å². The van der Waals surface area contributed by atoms with Crippen LogP contribution in [-0.2, 0) is 6.61 Å². The van der Waals surface area contributed by atoms with Crippen LogP contribution in [0.3, 0.4) is 0 Å². The molecule has 1 nitrogen and oxygen atoms in total. The van der Waals surface area contributed by atoms with Gasteiger partial charge in [0.1, 0.15) is 0 Å². The van der Waals surface area contributed by atoms with Crippen molar-refractivity contribution in [2.75, 3.05) is 0 Å². The first-order chi connectivity index (χ1) is 7.77. The summed E-state index contributed by atoms with van der Waals surface area (Å²) in [5, 5.41) is 0.280. The summed E-state index contributed by atoms with van der Waals surface area (Å²) in [5.41, 5.74) is 0.943. The van der Waals surface area contributed by atoms with Crippen LogP contribution < -0.4 is 21.7 Å². The summed E-state index contributed by atoms with van der Waals surface area (Å²) in [6.45, 7) is 0.287. The first-order valence-corrected chi connectivity index (χ1v) is 5.17. The van der Waals surface area contributed by atoms with Crippen LogP contribution in [0.4, 0.5) is 4.39 Å². The van der Waals surface area contributed by atoms with Crippen molar-refractivity contribution >= 4 is 34.7 Å². The Morgan fingerprint density at radius 3 is 2.44 bits per heavy atom. The van der Waals surface area contributed by atoms with E-state index in [0.717, 1.165) is 5.56 Å². The van der Waals surface area contributed by atoms with Crippen molar-refractivity contribution in [3.05, 3.63) is 64.9 Å². The molecule has 2 aromatic carbocycles. The zero-order chi connectivity index (χ0) is 11.4. The maximum atomic E-state index is 13.3. The first kappa shape index (κ1) is 17.7. The normalized spacial score (nSPS) is 9.00. The van der Waals surface area contributed by atoms with E-state index < -0.39 is 5.82 Å². The van der Waals surface area contributed by atoms with E-state index >= 15 is 0 Å². The molecule has 0 heterocycles. The van der Waals surface area contributed by atoms with Gasteiger partial charge in [0.15, 0.2) is 11.6 Å². The second-order valence-corrected chi connectivity index (χ2v) is 3.65. The number of hydrogen-bond acceptors (Lipinski definition) is 1. The molecule has 0 amide bonds. The second-order valence-electron chi connectivity index (χ2n) is 3.25. The molecule has 0 radical (unpaired) electrons. The van der Waals surface area contributed by atoms with Crippen molar-refractivity contribution in [1.29, 1.82) is 0 Å². The third kappa shape index (κ3) is 4.76. The summed E-state index contributed by atoms with van der Waals surface area (Å²) in [6, 6.07) is 14.6. The third-order valence-corrected chi connectivity index (χ3v) is 2.39. The topological polar surface area (TPSA) is 9.23 Å². The van der Waals surface area contributed by atoms with E-state index in [0.29, 0.717) is 0 Å². The molecule has 5 heteroatoms. The number of para-hydroxylation sites is 1. The molecule has 0 bridgehead atoms. The van der Waals surface area contributed by atoms with Crippen LogP contribution in [0.15, 0.2) is 42.5 Å². The maximum absolute atomic E-state index is 13.3. The molecule has 90 valence electrons. The zero-order valence-corrected chi connectivity index (χ0v) is 13.3. The molecule has 0 aromatic heterocycles. The van der Waals surface area contributed by atoms with Crippen LogP contribution in [0, 0.1) is 11.9 Å². The average Bonchev–Trinajstić information content (AvgIpc) is 2.30. The summed E-state index contributed by atoms with van der Waals surface area (Å²) < 4.78 is 18.7. The van der Waals surface area contributed by atoms with Gasteiger partial charge in [0, 0.05) is 0 Å². The van der Waals surface area contributed by atoms with Crippen molar-refractivity contribution in [3.8, 4) is 5.75 Å². The van der Waals surface area contributed by atoms with Crippen molar-refractivity contribution < 1.29 is 26.1 Å². The molecule has 0 aliphatic heterocycles. The Morgan fingerprint density at radius 2 is 1.83 bits per heavy atom. The van der Waals surface area contributed by atoms with Gasteiger partial charge in [-0.15, -0.1) is 5.56 Å². The van der Waals surface area contributed by atoms with Gasteiger partial charge in [0.2, 0.25) is 0 Å². The number of hydrogen-bond donors (Lipinski definition) is 0. The summed E-state index contributed by atoms with van der Waals surface area (Å²) in [7, 11) is 0. The van der Waals surface area contributed by atoms with Crippen LogP contribution in [0.2, 0.25) is 5.02 Å². The van der Waals surface area contributed by atoms with E-state index in [1.54, 1.807) is 24.3 Å². The van der Waals surface area contributed by atoms with E-state index in [1.165, 1.54) is 6.07 Å². The van der Waals surface area contributed by atoms with E-state index in [-0.39, 0.29) is 57.4 Å². The molecule has 0 saturated heterocycles. The fourth-order valence-electron chi connectivity index (χ4n) is 1.29. The van der Waals surface area contributed by atoms with Crippen LogP contribution in [0.5, 0.6) is 5.75 Å². The summed E-state index contributed by atoms with van der Waals surface area (Å²) in [5.74, 6) is -0.355. The van der Waals surface area contributed by atoms with Gasteiger partial charge >= 0.3 is 23.1 Å². The molecule has 0 spiro atoms. The maximum Gasteiger partial charge on any atom is 2.00 e. The molecule has 0 unspecified atom stereocenters. The molecule has 0 N–H and O–H groups in total. The van der Waals surface area contributed by atoms with Crippen LogP contribution >= 0.6 is 11.6 Å². The summed E-state index contributed by atoms with van der Waals surface area (Å²) >= 11 is 5.82. The third-order valence-electron chi connectivity index (χ3n) is 2.09. The Hall–Kier alpha value is -0.294. The molecule has 18 heavy (non-hydrogen) atoms. The number of benzene rings is 2. The van der Waals surface area contributed by atoms with Gasteiger partial charge in [-0.25, -0.2) is 4.39 Å². The van der Waals surface area contributed by atoms with E-state index in [2.05, 4.69) is 6.07 Å². The van der Waals surface area contributed by atoms with Gasteiger partial charge < -0.3 is 21.7 Å². The summed E-state index contributed by atoms with van der Waals surface area (Å²) in [4.78, 5) is 0. The Balaban J connectivity index is 0.00000144. The zero-order valence-electron chi connectivity index (χ0n) is 9.50. The minimum atomic E-state index is -0.449.